The standard InChI is InChI=1S/C17H17N3O/c1-12-8-9-15(17(21)20(12)2)16-18-10-14(11-19-16)13-6-4-3-5-7-13/h3-7,10-11,15H,1,8-9H2,2H3. The number of rotatable bonds is 2. The van der Waals surface area contributed by atoms with Gasteiger partial charge in [-0.15, -0.1) is 0 Å². The maximum atomic E-state index is 12.3. The zero-order chi connectivity index (χ0) is 14.8. The third kappa shape index (κ3) is 2.57. The molecule has 0 saturated carbocycles. The fourth-order valence-electron chi connectivity index (χ4n) is 2.53. The van der Waals surface area contributed by atoms with Crippen molar-refractivity contribution in [3.8, 4) is 11.1 Å². The van der Waals surface area contributed by atoms with Crippen molar-refractivity contribution in [3.63, 3.8) is 0 Å². The van der Waals surface area contributed by atoms with Gasteiger partial charge in [-0.1, -0.05) is 36.9 Å². The summed E-state index contributed by atoms with van der Waals surface area (Å²) in [5.41, 5.74) is 2.89. The Kier molecular flexibility index (Phi) is 3.52. The summed E-state index contributed by atoms with van der Waals surface area (Å²) >= 11 is 0. The van der Waals surface area contributed by atoms with Crippen LogP contribution in [-0.2, 0) is 4.79 Å². The number of aromatic nitrogens is 2. The van der Waals surface area contributed by atoms with E-state index in [-0.39, 0.29) is 11.8 Å². The molecule has 1 aromatic carbocycles. The molecular weight excluding hydrogens is 262 g/mol. The van der Waals surface area contributed by atoms with Gasteiger partial charge < -0.3 is 4.90 Å². The number of benzene rings is 1. The predicted octanol–water partition coefficient (Wildman–Crippen LogP) is 2.99. The second-order valence-electron chi connectivity index (χ2n) is 5.25. The Morgan fingerprint density at radius 1 is 1.14 bits per heavy atom. The molecule has 1 aliphatic rings. The highest BCUT2D eigenvalue weighted by molar-refractivity contribution is 5.85. The smallest absolute Gasteiger partial charge is 0.237 e. The van der Waals surface area contributed by atoms with E-state index in [9.17, 15) is 4.79 Å². The van der Waals surface area contributed by atoms with Gasteiger partial charge in [0.15, 0.2) is 0 Å². The zero-order valence-electron chi connectivity index (χ0n) is 12.0. The van der Waals surface area contributed by atoms with Crippen molar-refractivity contribution < 1.29 is 4.79 Å². The minimum absolute atomic E-state index is 0.0266. The van der Waals surface area contributed by atoms with Gasteiger partial charge in [-0.05, 0) is 18.4 Å². The van der Waals surface area contributed by atoms with Gasteiger partial charge in [0, 0.05) is 30.7 Å². The molecule has 2 heterocycles. The second-order valence-corrected chi connectivity index (χ2v) is 5.25. The highest BCUT2D eigenvalue weighted by Crippen LogP contribution is 2.30. The minimum Gasteiger partial charge on any atom is -0.319 e. The summed E-state index contributed by atoms with van der Waals surface area (Å²) in [7, 11) is 1.76. The van der Waals surface area contributed by atoms with Gasteiger partial charge in [0.2, 0.25) is 5.91 Å². The summed E-state index contributed by atoms with van der Waals surface area (Å²) in [6.45, 7) is 3.89. The average molecular weight is 279 g/mol. The number of hydrogen-bond donors (Lipinski definition) is 0. The number of carbonyl (C=O) groups is 1. The minimum atomic E-state index is -0.259. The molecule has 0 bridgehead atoms. The normalized spacial score (nSPS) is 18.9. The number of amides is 1. The van der Waals surface area contributed by atoms with Crippen LogP contribution in [0.1, 0.15) is 24.6 Å². The van der Waals surface area contributed by atoms with Crippen LogP contribution in [0.4, 0.5) is 0 Å². The van der Waals surface area contributed by atoms with Gasteiger partial charge in [-0.3, -0.25) is 4.79 Å². The zero-order valence-corrected chi connectivity index (χ0v) is 12.0. The predicted molar refractivity (Wildman–Crippen MR) is 81.4 cm³/mol. The van der Waals surface area contributed by atoms with Gasteiger partial charge >= 0.3 is 0 Å². The SMILES string of the molecule is C=C1CCC(c2ncc(-c3ccccc3)cn2)C(=O)N1C. The van der Waals surface area contributed by atoms with Crippen LogP contribution in [0, 0.1) is 0 Å². The molecule has 1 aromatic heterocycles. The Balaban J connectivity index is 1.85. The maximum Gasteiger partial charge on any atom is 0.237 e. The molecule has 1 amide bonds. The molecule has 21 heavy (non-hydrogen) atoms. The van der Waals surface area contributed by atoms with E-state index in [0.29, 0.717) is 5.82 Å². The lowest BCUT2D eigenvalue weighted by atomic mass is 9.94. The van der Waals surface area contributed by atoms with Crippen LogP contribution in [0.5, 0.6) is 0 Å². The molecule has 1 aliphatic heterocycles. The molecule has 106 valence electrons. The molecule has 2 aromatic rings. The topological polar surface area (TPSA) is 46.1 Å². The number of piperidine rings is 1. The van der Waals surface area contributed by atoms with E-state index >= 15 is 0 Å². The molecule has 0 spiro atoms. The van der Waals surface area contributed by atoms with Crippen molar-refractivity contribution in [3.05, 3.63) is 60.8 Å². The summed E-state index contributed by atoms with van der Waals surface area (Å²) < 4.78 is 0. The fraction of sp³-hybridized carbons (Fsp3) is 0.235. The van der Waals surface area contributed by atoms with Crippen molar-refractivity contribution >= 4 is 5.91 Å². The summed E-state index contributed by atoms with van der Waals surface area (Å²) in [5.74, 6) is 0.364. The first-order valence-corrected chi connectivity index (χ1v) is 6.99. The van der Waals surface area contributed by atoms with Crippen LogP contribution >= 0.6 is 0 Å². The molecule has 0 aliphatic carbocycles. The van der Waals surface area contributed by atoms with Crippen LogP contribution in [0.2, 0.25) is 0 Å². The lowest BCUT2D eigenvalue weighted by Crippen LogP contribution is -2.35. The highest BCUT2D eigenvalue weighted by Gasteiger charge is 2.31. The van der Waals surface area contributed by atoms with E-state index in [0.717, 1.165) is 29.7 Å². The van der Waals surface area contributed by atoms with Crippen LogP contribution in [0.3, 0.4) is 0 Å². The third-order valence-corrected chi connectivity index (χ3v) is 3.92. The van der Waals surface area contributed by atoms with Crippen molar-refractivity contribution in [2.45, 2.75) is 18.8 Å². The average Bonchev–Trinajstić information content (AvgIpc) is 2.54. The number of likely N-dealkylation sites (tertiary alicyclic amines) is 1. The Labute approximate surface area is 124 Å². The first-order valence-electron chi connectivity index (χ1n) is 6.99. The monoisotopic (exact) mass is 279 g/mol. The maximum absolute atomic E-state index is 12.3. The van der Waals surface area contributed by atoms with Gasteiger partial charge in [0.05, 0.1) is 5.92 Å². The number of nitrogens with zero attached hydrogens (tertiary/aromatic N) is 3. The van der Waals surface area contributed by atoms with Crippen LogP contribution in [-0.4, -0.2) is 27.8 Å². The van der Waals surface area contributed by atoms with Gasteiger partial charge in [0.25, 0.3) is 0 Å². The molecule has 1 unspecified atom stereocenters. The van der Waals surface area contributed by atoms with Crippen molar-refractivity contribution in [2.75, 3.05) is 7.05 Å². The van der Waals surface area contributed by atoms with Crippen molar-refractivity contribution in [1.82, 2.24) is 14.9 Å². The molecule has 0 N–H and O–H groups in total. The van der Waals surface area contributed by atoms with Crippen molar-refractivity contribution in [2.24, 2.45) is 0 Å². The summed E-state index contributed by atoms with van der Waals surface area (Å²) in [6.07, 6.45) is 5.10. The molecule has 4 heteroatoms. The number of allylic oxidation sites excluding steroid dienone is 1. The quantitative estimate of drug-likeness (QED) is 0.849. The lowest BCUT2D eigenvalue weighted by molar-refractivity contribution is -0.131. The lowest BCUT2D eigenvalue weighted by Gasteiger charge is -2.30. The Morgan fingerprint density at radius 2 is 1.81 bits per heavy atom. The van der Waals surface area contributed by atoms with E-state index in [4.69, 9.17) is 0 Å². The van der Waals surface area contributed by atoms with E-state index < -0.39 is 0 Å². The Hall–Kier alpha value is -2.49. The van der Waals surface area contributed by atoms with E-state index in [2.05, 4.69) is 16.5 Å². The summed E-state index contributed by atoms with van der Waals surface area (Å²) in [5, 5.41) is 0. The summed E-state index contributed by atoms with van der Waals surface area (Å²) in [4.78, 5) is 22.7. The van der Waals surface area contributed by atoms with Gasteiger partial charge in [-0.25, -0.2) is 9.97 Å². The number of carbonyl (C=O) groups excluding carboxylic acids is 1. The molecule has 0 radical (unpaired) electrons. The molecule has 1 saturated heterocycles. The molecule has 4 nitrogen and oxygen atoms in total. The number of likely N-dealkylation sites (N-methyl/N-ethyl adjacent to an activating group) is 1. The highest BCUT2D eigenvalue weighted by atomic mass is 16.2. The largest absolute Gasteiger partial charge is 0.319 e. The molecule has 1 fully saturated rings. The first kappa shape index (κ1) is 13.5. The Bertz CT molecular complexity index is 664. The molecular formula is C17H17N3O. The van der Waals surface area contributed by atoms with Crippen molar-refractivity contribution in [1.29, 1.82) is 0 Å². The van der Waals surface area contributed by atoms with Crippen LogP contribution < -0.4 is 0 Å². The van der Waals surface area contributed by atoms with Crippen LogP contribution in [0.15, 0.2) is 55.0 Å². The van der Waals surface area contributed by atoms with E-state index in [1.807, 2.05) is 30.3 Å². The van der Waals surface area contributed by atoms with E-state index in [1.165, 1.54) is 0 Å². The number of hydrogen-bond acceptors (Lipinski definition) is 3. The Morgan fingerprint density at radius 3 is 2.48 bits per heavy atom. The third-order valence-electron chi connectivity index (χ3n) is 3.92. The molecule has 3 rings (SSSR count). The molecule has 1 atom stereocenters. The van der Waals surface area contributed by atoms with Gasteiger partial charge in [-0.2, -0.15) is 0 Å². The van der Waals surface area contributed by atoms with Crippen LogP contribution in [0.25, 0.3) is 11.1 Å². The summed E-state index contributed by atoms with van der Waals surface area (Å²) in [6, 6.07) is 9.97. The second kappa shape index (κ2) is 5.48. The van der Waals surface area contributed by atoms with E-state index in [1.54, 1.807) is 24.3 Å². The fourth-order valence-corrected chi connectivity index (χ4v) is 2.53. The van der Waals surface area contributed by atoms with Gasteiger partial charge in [0.1, 0.15) is 5.82 Å². The first-order chi connectivity index (χ1) is 10.2.